The van der Waals surface area contributed by atoms with Gasteiger partial charge in [-0.3, -0.25) is 10.1 Å². The molecule has 6 heteroatoms. The molecule has 1 heterocycles. The van der Waals surface area contributed by atoms with Gasteiger partial charge in [0.2, 0.25) is 11.0 Å². The Bertz CT molecular complexity index is 790. The minimum absolute atomic E-state index is 0.0397. The third-order valence-electron chi connectivity index (χ3n) is 3.36. The van der Waals surface area contributed by atoms with Gasteiger partial charge in [-0.1, -0.05) is 66.8 Å². The van der Waals surface area contributed by atoms with Crippen LogP contribution in [0.15, 0.2) is 65.6 Å². The van der Waals surface area contributed by atoms with E-state index in [1.54, 1.807) is 11.8 Å². The van der Waals surface area contributed by atoms with E-state index in [-0.39, 0.29) is 11.2 Å². The highest BCUT2D eigenvalue weighted by atomic mass is 32.2. The Hall–Kier alpha value is -2.18. The zero-order valence-electron chi connectivity index (χ0n) is 13.2. The molecule has 1 N–H and O–H groups in total. The second-order valence-corrected chi connectivity index (χ2v) is 7.35. The number of thioether (sulfide) groups is 1. The summed E-state index contributed by atoms with van der Waals surface area (Å²) < 4.78 is 0. The van der Waals surface area contributed by atoms with Crippen LogP contribution in [0.1, 0.15) is 13.3 Å². The van der Waals surface area contributed by atoms with Crippen molar-refractivity contribution >= 4 is 34.1 Å². The van der Waals surface area contributed by atoms with Crippen molar-refractivity contribution in [2.45, 2.75) is 23.5 Å². The molecule has 1 atom stereocenters. The molecule has 0 aliphatic rings. The molecule has 1 amide bonds. The van der Waals surface area contributed by atoms with Gasteiger partial charge in [0.05, 0.1) is 5.25 Å². The number of nitrogens with one attached hydrogen (secondary N) is 1. The second-order valence-electron chi connectivity index (χ2n) is 5.10. The van der Waals surface area contributed by atoms with Crippen molar-refractivity contribution in [2.75, 3.05) is 5.32 Å². The van der Waals surface area contributed by atoms with Crippen molar-refractivity contribution in [1.82, 2.24) is 10.2 Å². The van der Waals surface area contributed by atoms with Gasteiger partial charge in [0.25, 0.3) is 0 Å². The summed E-state index contributed by atoms with van der Waals surface area (Å²) in [5.41, 5.74) is 1.00. The van der Waals surface area contributed by atoms with E-state index in [1.165, 1.54) is 11.3 Å². The molecule has 2 aromatic carbocycles. The van der Waals surface area contributed by atoms with Crippen LogP contribution in [-0.2, 0) is 4.79 Å². The number of benzene rings is 2. The standard InChI is InChI=1S/C18H17N3OS2/c1-2-15(23-14-11-7-4-8-12-14)16(22)19-18-21-20-17(24-18)13-9-5-3-6-10-13/h3-12,15H,2H2,1H3,(H,19,21,22). The van der Waals surface area contributed by atoms with Gasteiger partial charge in [0, 0.05) is 10.5 Å². The van der Waals surface area contributed by atoms with Crippen LogP contribution >= 0.6 is 23.1 Å². The maximum Gasteiger partial charge on any atom is 0.239 e. The largest absolute Gasteiger partial charge is 0.300 e. The van der Waals surface area contributed by atoms with E-state index in [4.69, 9.17) is 0 Å². The van der Waals surface area contributed by atoms with Crippen LogP contribution < -0.4 is 5.32 Å². The Morgan fingerprint density at radius 3 is 2.42 bits per heavy atom. The van der Waals surface area contributed by atoms with E-state index in [9.17, 15) is 4.79 Å². The van der Waals surface area contributed by atoms with E-state index >= 15 is 0 Å². The summed E-state index contributed by atoms with van der Waals surface area (Å²) in [5.74, 6) is -0.0397. The van der Waals surface area contributed by atoms with Crippen LogP contribution in [0.2, 0.25) is 0 Å². The molecule has 0 aliphatic carbocycles. The van der Waals surface area contributed by atoms with Crippen LogP contribution in [0.4, 0.5) is 5.13 Å². The average Bonchev–Trinajstić information content (AvgIpc) is 3.09. The molecule has 1 unspecified atom stereocenters. The van der Waals surface area contributed by atoms with E-state index in [2.05, 4.69) is 15.5 Å². The Morgan fingerprint density at radius 2 is 1.75 bits per heavy atom. The third kappa shape index (κ3) is 4.21. The van der Waals surface area contributed by atoms with Gasteiger partial charge in [-0.05, 0) is 18.6 Å². The van der Waals surface area contributed by atoms with Gasteiger partial charge >= 0.3 is 0 Å². The lowest BCUT2D eigenvalue weighted by Crippen LogP contribution is -2.24. The smallest absolute Gasteiger partial charge is 0.239 e. The molecule has 4 nitrogen and oxygen atoms in total. The quantitative estimate of drug-likeness (QED) is 0.650. The summed E-state index contributed by atoms with van der Waals surface area (Å²) >= 11 is 2.95. The van der Waals surface area contributed by atoms with Gasteiger partial charge in [0.15, 0.2) is 0 Å². The summed E-state index contributed by atoms with van der Waals surface area (Å²) in [6, 6.07) is 19.8. The minimum Gasteiger partial charge on any atom is -0.300 e. The van der Waals surface area contributed by atoms with Crippen LogP contribution in [0.3, 0.4) is 0 Å². The number of nitrogens with zero attached hydrogens (tertiary/aromatic N) is 2. The Kier molecular flexibility index (Phi) is 5.61. The highest BCUT2D eigenvalue weighted by Gasteiger charge is 2.19. The van der Waals surface area contributed by atoms with Crippen molar-refractivity contribution in [3.8, 4) is 10.6 Å². The zero-order valence-corrected chi connectivity index (χ0v) is 14.8. The summed E-state index contributed by atoms with van der Waals surface area (Å²) in [5, 5.41) is 12.3. The monoisotopic (exact) mass is 355 g/mol. The summed E-state index contributed by atoms with van der Waals surface area (Å²) in [6.45, 7) is 2.01. The van der Waals surface area contributed by atoms with Gasteiger partial charge in [0.1, 0.15) is 5.01 Å². The number of aromatic nitrogens is 2. The lowest BCUT2D eigenvalue weighted by molar-refractivity contribution is -0.115. The molecule has 122 valence electrons. The minimum atomic E-state index is -0.156. The predicted molar refractivity (Wildman–Crippen MR) is 100 cm³/mol. The molecule has 24 heavy (non-hydrogen) atoms. The normalized spacial score (nSPS) is 11.9. The van der Waals surface area contributed by atoms with Crippen molar-refractivity contribution in [2.24, 2.45) is 0 Å². The lowest BCUT2D eigenvalue weighted by Gasteiger charge is -2.13. The van der Waals surface area contributed by atoms with Crippen molar-refractivity contribution < 1.29 is 4.79 Å². The lowest BCUT2D eigenvalue weighted by atomic mass is 10.2. The number of carbonyl (C=O) groups excluding carboxylic acids is 1. The summed E-state index contributed by atoms with van der Waals surface area (Å²) in [6.07, 6.45) is 0.746. The topological polar surface area (TPSA) is 54.9 Å². The fourth-order valence-corrected chi connectivity index (χ4v) is 3.87. The molecule has 0 spiro atoms. The summed E-state index contributed by atoms with van der Waals surface area (Å²) in [7, 11) is 0. The van der Waals surface area contributed by atoms with Gasteiger partial charge in [-0.25, -0.2) is 0 Å². The predicted octanol–water partition coefficient (Wildman–Crippen LogP) is 4.71. The van der Waals surface area contributed by atoms with E-state index in [1.807, 2.05) is 67.6 Å². The number of rotatable bonds is 6. The number of hydrogen-bond acceptors (Lipinski definition) is 5. The molecular weight excluding hydrogens is 338 g/mol. The van der Waals surface area contributed by atoms with E-state index in [0.717, 1.165) is 21.9 Å². The molecule has 0 radical (unpaired) electrons. The first-order valence-electron chi connectivity index (χ1n) is 7.67. The first-order valence-corrected chi connectivity index (χ1v) is 9.37. The van der Waals surface area contributed by atoms with Crippen LogP contribution in [0.5, 0.6) is 0 Å². The number of hydrogen-bond donors (Lipinski definition) is 1. The van der Waals surface area contributed by atoms with Crippen molar-refractivity contribution in [3.63, 3.8) is 0 Å². The SMILES string of the molecule is CCC(Sc1ccccc1)C(=O)Nc1nnc(-c2ccccc2)s1. The second kappa shape index (κ2) is 8.08. The first kappa shape index (κ1) is 16.7. The Morgan fingerprint density at radius 1 is 1.08 bits per heavy atom. The van der Waals surface area contributed by atoms with Gasteiger partial charge in [-0.2, -0.15) is 0 Å². The van der Waals surface area contributed by atoms with Crippen molar-refractivity contribution in [1.29, 1.82) is 0 Å². The molecular formula is C18H17N3OS2. The summed E-state index contributed by atoms with van der Waals surface area (Å²) in [4.78, 5) is 13.6. The highest BCUT2D eigenvalue weighted by molar-refractivity contribution is 8.00. The maximum absolute atomic E-state index is 12.5. The highest BCUT2D eigenvalue weighted by Crippen LogP contribution is 2.29. The first-order chi connectivity index (χ1) is 11.8. The van der Waals surface area contributed by atoms with Crippen LogP contribution in [0, 0.1) is 0 Å². The zero-order chi connectivity index (χ0) is 16.8. The molecule has 1 aromatic heterocycles. The Balaban J connectivity index is 1.66. The fraction of sp³-hybridized carbons (Fsp3) is 0.167. The number of amides is 1. The number of anilines is 1. The number of carbonyl (C=O) groups is 1. The molecule has 3 aromatic rings. The molecule has 3 rings (SSSR count). The van der Waals surface area contributed by atoms with Gasteiger partial charge in [-0.15, -0.1) is 22.0 Å². The van der Waals surface area contributed by atoms with Crippen LogP contribution in [0.25, 0.3) is 10.6 Å². The molecule has 0 saturated carbocycles. The van der Waals surface area contributed by atoms with Crippen LogP contribution in [-0.4, -0.2) is 21.4 Å². The van der Waals surface area contributed by atoms with Crippen molar-refractivity contribution in [3.05, 3.63) is 60.7 Å². The van der Waals surface area contributed by atoms with Gasteiger partial charge < -0.3 is 0 Å². The third-order valence-corrected chi connectivity index (χ3v) is 5.62. The fourth-order valence-electron chi connectivity index (χ4n) is 2.14. The van der Waals surface area contributed by atoms with E-state index < -0.39 is 0 Å². The molecule has 0 bridgehead atoms. The average molecular weight is 355 g/mol. The molecule has 0 aliphatic heterocycles. The maximum atomic E-state index is 12.5. The Labute approximate surface area is 149 Å². The van der Waals surface area contributed by atoms with E-state index in [0.29, 0.717) is 5.13 Å². The molecule has 0 saturated heterocycles. The molecule has 0 fully saturated rings.